The maximum Gasteiger partial charge on any atom is 0.269 e. The van der Waals surface area contributed by atoms with Crippen LogP contribution >= 0.6 is 0 Å². The molecule has 1 amide bonds. The van der Waals surface area contributed by atoms with Crippen molar-refractivity contribution in [2.45, 2.75) is 17.7 Å². The highest BCUT2D eigenvalue weighted by Gasteiger charge is 2.25. The Kier molecular flexibility index (Phi) is 6.99. The molecule has 0 aliphatic heterocycles. The second kappa shape index (κ2) is 9.21. The molecule has 0 aliphatic carbocycles. The SMILES string of the molecule is O=C(CCN(CCc1ccccc1)S(=O)(=O)c1ccc([N+](=O)[O-])cc1)NO. The van der Waals surface area contributed by atoms with Crippen molar-refractivity contribution in [2.75, 3.05) is 13.1 Å². The average molecular weight is 393 g/mol. The standard InChI is InChI=1S/C17H19N3O6S/c21-17(18-22)11-13-19(12-10-14-4-2-1-3-5-14)27(25,26)16-8-6-15(7-9-16)20(23)24/h1-9,22H,10-13H2,(H,18,21). The van der Waals surface area contributed by atoms with E-state index in [4.69, 9.17) is 5.21 Å². The number of nitrogens with zero attached hydrogens (tertiary/aromatic N) is 2. The number of rotatable bonds is 9. The number of non-ortho nitro benzene ring substituents is 1. The number of nitro groups is 1. The van der Waals surface area contributed by atoms with Gasteiger partial charge in [0.25, 0.3) is 5.69 Å². The zero-order valence-corrected chi connectivity index (χ0v) is 15.1. The molecule has 2 N–H and O–H groups in total. The summed E-state index contributed by atoms with van der Waals surface area (Å²) < 4.78 is 26.9. The van der Waals surface area contributed by atoms with E-state index in [0.717, 1.165) is 34.1 Å². The van der Waals surface area contributed by atoms with Crippen LogP contribution in [0.25, 0.3) is 0 Å². The van der Waals surface area contributed by atoms with Crippen LogP contribution in [0.5, 0.6) is 0 Å². The van der Waals surface area contributed by atoms with Gasteiger partial charge in [0.05, 0.1) is 9.82 Å². The van der Waals surface area contributed by atoms with Gasteiger partial charge in [0.1, 0.15) is 0 Å². The average Bonchev–Trinajstić information content (AvgIpc) is 2.68. The fourth-order valence-corrected chi connectivity index (χ4v) is 3.86. The number of carbonyl (C=O) groups is 1. The summed E-state index contributed by atoms with van der Waals surface area (Å²) in [5.74, 6) is -0.710. The summed E-state index contributed by atoms with van der Waals surface area (Å²) >= 11 is 0. The third-order valence-corrected chi connectivity index (χ3v) is 5.80. The van der Waals surface area contributed by atoms with Gasteiger partial charge < -0.3 is 0 Å². The molecule has 27 heavy (non-hydrogen) atoms. The Morgan fingerprint density at radius 1 is 1.07 bits per heavy atom. The lowest BCUT2D eigenvalue weighted by Gasteiger charge is -2.22. The van der Waals surface area contributed by atoms with Gasteiger partial charge in [0.2, 0.25) is 15.9 Å². The van der Waals surface area contributed by atoms with E-state index in [9.17, 15) is 23.3 Å². The van der Waals surface area contributed by atoms with Crippen molar-refractivity contribution in [3.63, 3.8) is 0 Å². The van der Waals surface area contributed by atoms with Crippen LogP contribution in [0.2, 0.25) is 0 Å². The summed E-state index contributed by atoms with van der Waals surface area (Å²) in [6, 6.07) is 13.8. The number of sulfonamides is 1. The van der Waals surface area contributed by atoms with E-state index in [1.807, 2.05) is 30.3 Å². The lowest BCUT2D eigenvalue weighted by molar-refractivity contribution is -0.384. The van der Waals surface area contributed by atoms with E-state index in [0.29, 0.717) is 6.42 Å². The van der Waals surface area contributed by atoms with Gasteiger partial charge in [-0.15, -0.1) is 0 Å². The zero-order valence-electron chi connectivity index (χ0n) is 14.3. The minimum absolute atomic E-state index is 0.106. The number of carbonyl (C=O) groups excluding carboxylic acids is 1. The minimum Gasteiger partial charge on any atom is -0.289 e. The Morgan fingerprint density at radius 2 is 1.70 bits per heavy atom. The van der Waals surface area contributed by atoms with E-state index < -0.39 is 20.9 Å². The second-order valence-corrected chi connectivity index (χ2v) is 7.61. The van der Waals surface area contributed by atoms with Crippen molar-refractivity contribution < 1.29 is 23.3 Å². The quantitative estimate of drug-likeness (QED) is 0.379. The molecular weight excluding hydrogens is 374 g/mol. The molecule has 10 heteroatoms. The zero-order chi connectivity index (χ0) is 19.9. The molecule has 0 bridgehead atoms. The topological polar surface area (TPSA) is 130 Å². The highest BCUT2D eigenvalue weighted by atomic mass is 32.2. The normalized spacial score (nSPS) is 11.3. The van der Waals surface area contributed by atoms with Crippen molar-refractivity contribution >= 4 is 21.6 Å². The molecule has 0 saturated heterocycles. The van der Waals surface area contributed by atoms with E-state index in [2.05, 4.69) is 0 Å². The van der Waals surface area contributed by atoms with Crippen molar-refractivity contribution in [2.24, 2.45) is 0 Å². The first-order valence-corrected chi connectivity index (χ1v) is 9.50. The van der Waals surface area contributed by atoms with Crippen LogP contribution in [-0.4, -0.2) is 41.9 Å². The molecule has 0 fully saturated rings. The number of nitro benzene ring substituents is 1. The van der Waals surface area contributed by atoms with Crippen molar-refractivity contribution in [3.05, 3.63) is 70.3 Å². The molecule has 0 unspecified atom stereocenters. The lowest BCUT2D eigenvalue weighted by atomic mass is 10.1. The molecule has 0 atom stereocenters. The Labute approximate surface area is 156 Å². The first-order chi connectivity index (χ1) is 12.8. The van der Waals surface area contributed by atoms with Gasteiger partial charge in [-0.05, 0) is 24.1 Å². The van der Waals surface area contributed by atoms with Crippen LogP contribution in [-0.2, 0) is 21.2 Å². The summed E-state index contributed by atoms with van der Waals surface area (Å²) in [4.78, 5) is 21.3. The lowest BCUT2D eigenvalue weighted by Crippen LogP contribution is -2.36. The number of amides is 1. The molecule has 0 aliphatic rings. The largest absolute Gasteiger partial charge is 0.289 e. The van der Waals surface area contributed by atoms with E-state index >= 15 is 0 Å². The van der Waals surface area contributed by atoms with Gasteiger partial charge in [0, 0.05) is 31.6 Å². The van der Waals surface area contributed by atoms with E-state index in [-0.39, 0.29) is 30.1 Å². The van der Waals surface area contributed by atoms with E-state index in [1.54, 1.807) is 0 Å². The third-order valence-electron chi connectivity index (χ3n) is 3.89. The summed E-state index contributed by atoms with van der Waals surface area (Å²) in [6.45, 7) is -0.0272. The van der Waals surface area contributed by atoms with Gasteiger partial charge in [-0.3, -0.25) is 20.1 Å². The maximum atomic E-state index is 12.9. The first kappa shape index (κ1) is 20.5. The summed E-state index contributed by atoms with van der Waals surface area (Å²) in [7, 11) is -3.97. The summed E-state index contributed by atoms with van der Waals surface area (Å²) in [5.41, 5.74) is 2.18. The van der Waals surface area contributed by atoms with Gasteiger partial charge in [-0.25, -0.2) is 13.9 Å². The molecule has 2 aromatic rings. The number of hydroxylamine groups is 1. The minimum atomic E-state index is -3.97. The Bertz CT molecular complexity index is 885. The Balaban J connectivity index is 2.23. The van der Waals surface area contributed by atoms with Crippen molar-refractivity contribution in [3.8, 4) is 0 Å². The first-order valence-electron chi connectivity index (χ1n) is 8.06. The highest BCUT2D eigenvalue weighted by molar-refractivity contribution is 7.89. The van der Waals surface area contributed by atoms with Gasteiger partial charge in [-0.2, -0.15) is 4.31 Å². The fraction of sp³-hybridized carbons (Fsp3) is 0.235. The van der Waals surface area contributed by atoms with Crippen molar-refractivity contribution in [1.82, 2.24) is 9.79 Å². The molecule has 144 valence electrons. The molecule has 0 heterocycles. The third kappa shape index (κ3) is 5.58. The van der Waals surface area contributed by atoms with Crippen molar-refractivity contribution in [1.29, 1.82) is 0 Å². The summed E-state index contributed by atoms with van der Waals surface area (Å²) in [6.07, 6.45) is 0.200. The highest BCUT2D eigenvalue weighted by Crippen LogP contribution is 2.20. The molecule has 0 radical (unpaired) electrons. The van der Waals surface area contributed by atoms with Gasteiger partial charge >= 0.3 is 0 Å². The van der Waals surface area contributed by atoms with Crippen LogP contribution in [0, 0.1) is 10.1 Å². The molecule has 9 nitrogen and oxygen atoms in total. The fourth-order valence-electron chi connectivity index (χ4n) is 2.42. The predicted octanol–water partition coefficient (Wildman–Crippen LogP) is 1.72. The monoisotopic (exact) mass is 393 g/mol. The maximum absolute atomic E-state index is 12.9. The molecule has 0 aromatic heterocycles. The summed E-state index contributed by atoms with van der Waals surface area (Å²) in [5, 5.41) is 19.4. The van der Waals surface area contributed by atoms with Gasteiger partial charge in [0.15, 0.2) is 0 Å². The second-order valence-electron chi connectivity index (χ2n) is 5.68. The number of hydrogen-bond donors (Lipinski definition) is 2. The van der Waals surface area contributed by atoms with Crippen LogP contribution in [0.3, 0.4) is 0 Å². The van der Waals surface area contributed by atoms with E-state index in [1.165, 1.54) is 5.48 Å². The predicted molar refractivity (Wildman–Crippen MR) is 96.5 cm³/mol. The van der Waals surface area contributed by atoms with Gasteiger partial charge in [-0.1, -0.05) is 30.3 Å². The molecule has 2 aromatic carbocycles. The Morgan fingerprint density at radius 3 is 2.26 bits per heavy atom. The number of benzene rings is 2. The molecule has 2 rings (SSSR count). The Hall–Kier alpha value is -2.82. The number of nitrogens with one attached hydrogen (secondary N) is 1. The van der Waals surface area contributed by atoms with Crippen LogP contribution in [0.1, 0.15) is 12.0 Å². The smallest absolute Gasteiger partial charge is 0.269 e. The number of hydrogen-bond acceptors (Lipinski definition) is 6. The molecular formula is C17H19N3O6S. The van der Waals surface area contributed by atoms with Crippen LogP contribution in [0.15, 0.2) is 59.5 Å². The van der Waals surface area contributed by atoms with Crippen LogP contribution in [0.4, 0.5) is 5.69 Å². The molecule has 0 spiro atoms. The molecule has 0 saturated carbocycles. The van der Waals surface area contributed by atoms with Crippen LogP contribution < -0.4 is 5.48 Å².